The van der Waals surface area contributed by atoms with Crippen LogP contribution in [0.2, 0.25) is 0 Å². The molecule has 1 aromatic rings. The van der Waals surface area contributed by atoms with Crippen molar-refractivity contribution in [2.45, 2.75) is 50.6 Å². The first-order chi connectivity index (χ1) is 13.5. The second kappa shape index (κ2) is 7.91. The third-order valence-electron chi connectivity index (χ3n) is 6.12. The Kier molecular flexibility index (Phi) is 5.52. The second-order valence-electron chi connectivity index (χ2n) is 7.91. The summed E-state index contributed by atoms with van der Waals surface area (Å²) in [7, 11) is 0. The molecular formula is C22H27F3N2O. The zero-order valence-electron chi connectivity index (χ0n) is 16.0. The van der Waals surface area contributed by atoms with Crippen molar-refractivity contribution in [3.8, 4) is 0 Å². The first kappa shape index (κ1) is 19.5. The first-order valence-corrected chi connectivity index (χ1v) is 10.1. The number of benzene rings is 1. The Labute approximate surface area is 164 Å². The maximum Gasteiger partial charge on any atom is 0.416 e. The lowest BCUT2D eigenvalue weighted by Gasteiger charge is -2.47. The monoisotopic (exact) mass is 392 g/mol. The molecule has 6 heteroatoms. The highest BCUT2D eigenvalue weighted by Gasteiger charge is 2.44. The fourth-order valence-electron chi connectivity index (χ4n) is 4.72. The zero-order valence-corrected chi connectivity index (χ0v) is 16.0. The maximum atomic E-state index is 13.3. The minimum absolute atomic E-state index is 0.0316. The molecule has 3 aliphatic rings. The van der Waals surface area contributed by atoms with Crippen molar-refractivity contribution in [3.63, 3.8) is 0 Å². The average Bonchev–Trinajstić information content (AvgIpc) is 2.71. The van der Waals surface area contributed by atoms with Crippen molar-refractivity contribution in [2.75, 3.05) is 18.4 Å². The molecule has 1 unspecified atom stereocenters. The molecule has 1 aromatic carbocycles. The highest BCUT2D eigenvalue weighted by atomic mass is 19.4. The summed E-state index contributed by atoms with van der Waals surface area (Å²) in [6.45, 7) is 3.63. The summed E-state index contributed by atoms with van der Waals surface area (Å²) >= 11 is 0. The molecule has 0 aromatic heterocycles. The molecule has 0 spiro atoms. The van der Waals surface area contributed by atoms with Gasteiger partial charge in [0.15, 0.2) is 0 Å². The average molecular weight is 392 g/mol. The molecule has 4 rings (SSSR count). The van der Waals surface area contributed by atoms with Crippen molar-refractivity contribution >= 4 is 5.69 Å². The standard InChI is InChI=1S/C22H27F3N2O/c1-2-26-13-16-9-10-17-20(14-6-4-3-5-7-14)27-19-11-8-15(22(23,24)25)12-18(19)21(17)28-16/h3-6,8,11-12,14,16-17,20-21,26-27H,2,7,9-10,13H2,1H3/t14?,16-,17+,20+,21+/m1/s1. The van der Waals surface area contributed by atoms with E-state index in [2.05, 4.69) is 28.9 Å². The molecule has 0 amide bonds. The number of anilines is 1. The van der Waals surface area contributed by atoms with Gasteiger partial charge < -0.3 is 15.4 Å². The number of alkyl halides is 3. The van der Waals surface area contributed by atoms with Gasteiger partial charge in [-0.05, 0) is 44.0 Å². The summed E-state index contributed by atoms with van der Waals surface area (Å²) in [5.74, 6) is 0.483. The van der Waals surface area contributed by atoms with Gasteiger partial charge in [-0.15, -0.1) is 0 Å². The van der Waals surface area contributed by atoms with Crippen LogP contribution >= 0.6 is 0 Å². The van der Waals surface area contributed by atoms with Crippen LogP contribution in [0.25, 0.3) is 0 Å². The minimum atomic E-state index is -4.35. The zero-order chi connectivity index (χ0) is 19.7. The van der Waals surface area contributed by atoms with Gasteiger partial charge in [-0.1, -0.05) is 31.2 Å². The number of allylic oxidation sites excluding steroid dienone is 3. The molecule has 2 heterocycles. The number of fused-ring (bicyclic) bond motifs is 3. The van der Waals surface area contributed by atoms with Gasteiger partial charge in [0.25, 0.3) is 0 Å². The van der Waals surface area contributed by atoms with Gasteiger partial charge in [-0.2, -0.15) is 13.2 Å². The number of likely N-dealkylation sites (N-methyl/N-ethyl adjacent to an activating group) is 1. The highest BCUT2D eigenvalue weighted by molar-refractivity contribution is 5.58. The lowest BCUT2D eigenvalue weighted by Crippen LogP contribution is -2.48. The number of rotatable bonds is 4. The summed E-state index contributed by atoms with van der Waals surface area (Å²) in [5.41, 5.74) is 0.807. The van der Waals surface area contributed by atoms with E-state index in [0.717, 1.165) is 38.0 Å². The van der Waals surface area contributed by atoms with Gasteiger partial charge in [0.05, 0.1) is 17.8 Å². The van der Waals surface area contributed by atoms with Crippen molar-refractivity contribution in [2.24, 2.45) is 11.8 Å². The van der Waals surface area contributed by atoms with Gasteiger partial charge in [0.2, 0.25) is 0 Å². The van der Waals surface area contributed by atoms with Crippen LogP contribution in [0, 0.1) is 11.8 Å². The topological polar surface area (TPSA) is 33.3 Å². The second-order valence-corrected chi connectivity index (χ2v) is 7.91. The van der Waals surface area contributed by atoms with E-state index in [0.29, 0.717) is 11.5 Å². The molecule has 152 valence electrons. The Hall–Kier alpha value is -1.79. The van der Waals surface area contributed by atoms with Crippen LogP contribution in [0.15, 0.2) is 42.5 Å². The summed E-state index contributed by atoms with van der Waals surface area (Å²) in [6, 6.07) is 4.18. The summed E-state index contributed by atoms with van der Waals surface area (Å²) in [4.78, 5) is 0. The van der Waals surface area contributed by atoms with Gasteiger partial charge in [0, 0.05) is 35.7 Å². The predicted octanol–water partition coefficient (Wildman–Crippen LogP) is 5.08. The number of hydrogen-bond acceptors (Lipinski definition) is 3. The van der Waals surface area contributed by atoms with Crippen molar-refractivity contribution in [1.82, 2.24) is 5.32 Å². The molecule has 0 saturated carbocycles. The molecule has 3 nitrogen and oxygen atoms in total. The highest BCUT2D eigenvalue weighted by Crippen LogP contribution is 2.49. The molecule has 1 fully saturated rings. The summed E-state index contributed by atoms with van der Waals surface area (Å²) in [5, 5.41) is 6.86. The molecule has 2 aliphatic heterocycles. The van der Waals surface area contributed by atoms with E-state index in [9.17, 15) is 13.2 Å². The van der Waals surface area contributed by atoms with Crippen LogP contribution in [0.5, 0.6) is 0 Å². The Morgan fingerprint density at radius 3 is 2.79 bits per heavy atom. The fourth-order valence-corrected chi connectivity index (χ4v) is 4.72. The smallest absolute Gasteiger partial charge is 0.381 e. The van der Waals surface area contributed by atoms with Gasteiger partial charge in [-0.25, -0.2) is 0 Å². The van der Waals surface area contributed by atoms with Crippen molar-refractivity contribution < 1.29 is 17.9 Å². The molecule has 0 radical (unpaired) electrons. The molecular weight excluding hydrogens is 365 g/mol. The molecule has 0 bridgehead atoms. The third-order valence-corrected chi connectivity index (χ3v) is 6.12. The molecule has 28 heavy (non-hydrogen) atoms. The van der Waals surface area contributed by atoms with Crippen LogP contribution in [0.4, 0.5) is 18.9 Å². The number of ether oxygens (including phenoxy) is 1. The van der Waals surface area contributed by atoms with Gasteiger partial charge in [0.1, 0.15) is 0 Å². The van der Waals surface area contributed by atoms with Crippen LogP contribution in [0.1, 0.15) is 43.4 Å². The van der Waals surface area contributed by atoms with E-state index in [-0.39, 0.29) is 24.2 Å². The summed E-state index contributed by atoms with van der Waals surface area (Å²) in [6.07, 6.45) is 6.65. The maximum absolute atomic E-state index is 13.3. The van der Waals surface area contributed by atoms with E-state index in [4.69, 9.17) is 4.74 Å². The first-order valence-electron chi connectivity index (χ1n) is 10.1. The van der Waals surface area contributed by atoms with Crippen molar-refractivity contribution in [1.29, 1.82) is 0 Å². The van der Waals surface area contributed by atoms with Crippen LogP contribution < -0.4 is 10.6 Å². The van der Waals surface area contributed by atoms with Crippen LogP contribution in [-0.2, 0) is 10.9 Å². The van der Waals surface area contributed by atoms with E-state index in [1.165, 1.54) is 12.1 Å². The van der Waals surface area contributed by atoms with Gasteiger partial charge in [-0.3, -0.25) is 0 Å². The Balaban J connectivity index is 1.67. The lowest BCUT2D eigenvalue weighted by molar-refractivity contribution is -0.138. The lowest BCUT2D eigenvalue weighted by atomic mass is 9.73. The molecule has 1 saturated heterocycles. The quantitative estimate of drug-likeness (QED) is 0.750. The van der Waals surface area contributed by atoms with E-state index in [1.807, 2.05) is 13.0 Å². The number of nitrogens with one attached hydrogen (secondary N) is 2. The molecule has 5 atom stereocenters. The Bertz CT molecular complexity index is 759. The minimum Gasteiger partial charge on any atom is -0.381 e. The Morgan fingerprint density at radius 2 is 2.07 bits per heavy atom. The third kappa shape index (κ3) is 3.85. The number of halogens is 3. The molecule has 2 N–H and O–H groups in total. The van der Waals surface area contributed by atoms with Gasteiger partial charge >= 0.3 is 6.18 Å². The fraction of sp³-hybridized carbons (Fsp3) is 0.545. The Morgan fingerprint density at radius 1 is 1.21 bits per heavy atom. The van der Waals surface area contributed by atoms with E-state index in [1.54, 1.807) is 6.07 Å². The number of hydrogen-bond donors (Lipinski definition) is 2. The predicted molar refractivity (Wildman–Crippen MR) is 104 cm³/mol. The van der Waals surface area contributed by atoms with E-state index >= 15 is 0 Å². The van der Waals surface area contributed by atoms with Crippen LogP contribution in [0.3, 0.4) is 0 Å². The molecule has 1 aliphatic carbocycles. The van der Waals surface area contributed by atoms with Crippen LogP contribution in [-0.4, -0.2) is 25.2 Å². The summed E-state index contributed by atoms with van der Waals surface area (Å²) < 4.78 is 46.3. The normalized spacial score (nSPS) is 31.8. The largest absolute Gasteiger partial charge is 0.416 e. The van der Waals surface area contributed by atoms with E-state index < -0.39 is 11.7 Å². The van der Waals surface area contributed by atoms with Crippen molar-refractivity contribution in [3.05, 3.63) is 53.6 Å². The SMILES string of the molecule is CCNC[C@H]1CC[C@@H]2[C@H](O1)c1cc(C(F)(F)F)ccc1N[C@H]2C1C=CC=CC1.